The second-order valence-corrected chi connectivity index (χ2v) is 17.2. The minimum absolute atomic E-state index is 0.672. The summed E-state index contributed by atoms with van der Waals surface area (Å²) in [7, 11) is 0. The minimum atomic E-state index is 0.672. The van der Waals surface area contributed by atoms with Crippen molar-refractivity contribution in [3.63, 3.8) is 0 Å². The summed E-state index contributed by atoms with van der Waals surface area (Å²) in [5, 5.41) is 10.2. The third-order valence-electron chi connectivity index (χ3n) is 13.2. The topological polar surface area (TPSA) is 48.0 Å². The molecule has 0 bridgehead atoms. The largest absolute Gasteiger partial charge is 0.309 e. The number of para-hydroxylation sites is 2. The summed E-state index contributed by atoms with van der Waals surface area (Å²) in [6, 6.07) is 87.9. The Kier molecular flexibility index (Phi) is 9.43. The Balaban J connectivity index is 0.938. The SMILES string of the molecule is c1ccc(-c2cc(-c3ccc(-n4c5ccccc5c5ccccc54)cc3)nc(-c3ccc(-c4cccc5c4cc(-c4ccccc4)n4nc(-c6ccccc6)c(-c6ccccc6)c54)cc3)n2)cc1. The van der Waals surface area contributed by atoms with E-state index in [-0.39, 0.29) is 0 Å². The number of pyridine rings is 1. The van der Waals surface area contributed by atoms with Crippen LogP contribution in [0.4, 0.5) is 0 Å². The van der Waals surface area contributed by atoms with Crippen LogP contribution in [0.15, 0.2) is 249 Å². The van der Waals surface area contributed by atoms with E-state index < -0.39 is 0 Å². The van der Waals surface area contributed by atoms with E-state index in [1.54, 1.807) is 0 Å². The molecule has 0 spiro atoms. The maximum absolute atomic E-state index is 5.43. The number of benzene rings is 9. The van der Waals surface area contributed by atoms with Crippen LogP contribution >= 0.6 is 0 Å². The predicted octanol–water partition coefficient (Wildman–Crippen LogP) is 16.0. The lowest BCUT2D eigenvalue weighted by Gasteiger charge is -2.14. The van der Waals surface area contributed by atoms with E-state index in [9.17, 15) is 0 Å². The molecule has 0 aliphatic rings. The molecule has 0 fully saturated rings. The molecule has 13 rings (SSSR count). The molecule has 0 atom stereocenters. The molecule has 318 valence electrons. The molecule has 9 aromatic carbocycles. The Morgan fingerprint density at radius 3 is 1.43 bits per heavy atom. The number of hydrogen-bond acceptors (Lipinski definition) is 3. The molecule has 13 aromatic rings. The highest BCUT2D eigenvalue weighted by Crippen LogP contribution is 2.43. The zero-order valence-corrected chi connectivity index (χ0v) is 36.9. The highest BCUT2D eigenvalue weighted by Gasteiger charge is 2.23. The number of fused-ring (bicyclic) bond motifs is 6. The lowest BCUT2D eigenvalue weighted by atomic mass is 9.93. The van der Waals surface area contributed by atoms with Gasteiger partial charge >= 0.3 is 0 Å². The van der Waals surface area contributed by atoms with Gasteiger partial charge in [0.1, 0.15) is 5.69 Å². The van der Waals surface area contributed by atoms with E-state index in [1.807, 2.05) is 6.07 Å². The zero-order valence-electron chi connectivity index (χ0n) is 36.9. The number of aromatic nitrogens is 5. The second-order valence-electron chi connectivity index (χ2n) is 17.2. The fraction of sp³-hybridized carbons (Fsp3) is 0. The summed E-state index contributed by atoms with van der Waals surface area (Å²) in [5.41, 5.74) is 17.9. The summed E-state index contributed by atoms with van der Waals surface area (Å²) in [4.78, 5) is 10.5. The average Bonchev–Trinajstić information content (AvgIpc) is 3.99. The Morgan fingerprint density at radius 2 is 0.809 bits per heavy atom. The molecule has 4 aromatic heterocycles. The van der Waals surface area contributed by atoms with Gasteiger partial charge in [0, 0.05) is 55.2 Å². The predicted molar refractivity (Wildman–Crippen MR) is 281 cm³/mol. The standard InChI is InChI=1S/C63H41N5/c1-5-18-43(19-6-1)55-41-56(44-36-38-49(39-37-44)67-57-30-15-13-26-51(57)52-27-14-16-31-58(52)67)65-63(64-55)48-34-32-42(33-35-48)50-28-17-29-53-54(50)40-59(45-20-7-2-8-21-45)68-62(53)60(46-22-9-3-10-23-46)61(66-68)47-24-11-4-12-25-47/h1-41H. The van der Waals surface area contributed by atoms with E-state index in [4.69, 9.17) is 15.1 Å². The first-order valence-electron chi connectivity index (χ1n) is 23.0. The van der Waals surface area contributed by atoms with Crippen molar-refractivity contribution in [3.8, 4) is 84.4 Å². The quantitative estimate of drug-likeness (QED) is 0.153. The molecular formula is C63H41N5. The van der Waals surface area contributed by atoms with Gasteiger partial charge in [-0.25, -0.2) is 14.5 Å². The maximum atomic E-state index is 5.43. The van der Waals surface area contributed by atoms with Gasteiger partial charge in [0.2, 0.25) is 0 Å². The smallest absolute Gasteiger partial charge is 0.160 e. The Labute approximate surface area is 393 Å². The lowest BCUT2D eigenvalue weighted by molar-refractivity contribution is 0.979. The summed E-state index contributed by atoms with van der Waals surface area (Å²) in [6.45, 7) is 0. The fourth-order valence-electron chi connectivity index (χ4n) is 9.97. The molecule has 5 nitrogen and oxygen atoms in total. The van der Waals surface area contributed by atoms with Gasteiger partial charge in [-0.15, -0.1) is 0 Å². The third-order valence-corrected chi connectivity index (χ3v) is 13.2. The van der Waals surface area contributed by atoms with Crippen molar-refractivity contribution in [1.29, 1.82) is 0 Å². The van der Waals surface area contributed by atoms with E-state index >= 15 is 0 Å². The van der Waals surface area contributed by atoms with Gasteiger partial charge in [-0.3, -0.25) is 0 Å². The van der Waals surface area contributed by atoms with Crippen molar-refractivity contribution < 1.29 is 0 Å². The molecule has 4 heterocycles. The van der Waals surface area contributed by atoms with E-state index in [0.717, 1.165) is 94.8 Å². The molecule has 0 aliphatic heterocycles. The van der Waals surface area contributed by atoms with Crippen LogP contribution in [0.25, 0.3) is 122 Å². The maximum Gasteiger partial charge on any atom is 0.160 e. The zero-order chi connectivity index (χ0) is 45.0. The first-order chi connectivity index (χ1) is 33.7. The summed E-state index contributed by atoms with van der Waals surface area (Å²) in [5.74, 6) is 0.672. The van der Waals surface area contributed by atoms with E-state index in [0.29, 0.717) is 5.82 Å². The normalized spacial score (nSPS) is 11.5. The lowest BCUT2D eigenvalue weighted by Crippen LogP contribution is -1.97. The molecule has 0 unspecified atom stereocenters. The summed E-state index contributed by atoms with van der Waals surface area (Å²) >= 11 is 0. The fourth-order valence-corrected chi connectivity index (χ4v) is 9.97. The second kappa shape index (κ2) is 16.4. The van der Waals surface area contributed by atoms with Gasteiger partial charge in [0.05, 0.1) is 33.6 Å². The van der Waals surface area contributed by atoms with Crippen LogP contribution in [-0.2, 0) is 0 Å². The van der Waals surface area contributed by atoms with E-state index in [1.165, 1.54) is 21.8 Å². The third kappa shape index (κ3) is 6.68. The van der Waals surface area contributed by atoms with Gasteiger partial charge in [-0.2, -0.15) is 5.10 Å². The number of hydrogen-bond donors (Lipinski definition) is 0. The first kappa shape index (κ1) is 39.2. The van der Waals surface area contributed by atoms with E-state index in [2.05, 4.69) is 252 Å². The van der Waals surface area contributed by atoms with Crippen molar-refractivity contribution in [2.45, 2.75) is 0 Å². The Hall–Kier alpha value is -9.19. The van der Waals surface area contributed by atoms with Crippen LogP contribution in [0.5, 0.6) is 0 Å². The van der Waals surface area contributed by atoms with Crippen molar-refractivity contribution >= 4 is 38.1 Å². The van der Waals surface area contributed by atoms with Crippen LogP contribution < -0.4 is 0 Å². The summed E-state index contributed by atoms with van der Waals surface area (Å²) in [6.07, 6.45) is 0. The molecule has 0 amide bonds. The Morgan fingerprint density at radius 1 is 0.324 bits per heavy atom. The van der Waals surface area contributed by atoms with Gasteiger partial charge < -0.3 is 4.57 Å². The molecule has 0 saturated carbocycles. The molecule has 68 heavy (non-hydrogen) atoms. The molecule has 0 radical (unpaired) electrons. The van der Waals surface area contributed by atoms with Crippen LogP contribution in [0, 0.1) is 0 Å². The first-order valence-corrected chi connectivity index (χ1v) is 23.0. The highest BCUT2D eigenvalue weighted by atomic mass is 15.2. The van der Waals surface area contributed by atoms with Gasteiger partial charge in [0.15, 0.2) is 5.82 Å². The van der Waals surface area contributed by atoms with Crippen LogP contribution in [-0.4, -0.2) is 24.1 Å². The number of nitrogens with zero attached hydrogens (tertiary/aromatic N) is 5. The minimum Gasteiger partial charge on any atom is -0.309 e. The molecule has 5 heteroatoms. The van der Waals surface area contributed by atoms with Gasteiger partial charge in [-0.05, 0) is 58.5 Å². The molecule has 0 N–H and O–H groups in total. The van der Waals surface area contributed by atoms with Crippen LogP contribution in [0.2, 0.25) is 0 Å². The van der Waals surface area contributed by atoms with Crippen molar-refractivity contribution in [2.24, 2.45) is 0 Å². The molecule has 0 saturated heterocycles. The Bertz CT molecular complexity index is 3920. The van der Waals surface area contributed by atoms with Crippen LogP contribution in [0.1, 0.15) is 0 Å². The van der Waals surface area contributed by atoms with Gasteiger partial charge in [0.25, 0.3) is 0 Å². The summed E-state index contributed by atoms with van der Waals surface area (Å²) < 4.78 is 4.50. The van der Waals surface area contributed by atoms with Crippen molar-refractivity contribution in [3.05, 3.63) is 249 Å². The molecule has 0 aliphatic carbocycles. The highest BCUT2D eigenvalue weighted by molar-refractivity contribution is 6.13. The van der Waals surface area contributed by atoms with Crippen molar-refractivity contribution in [1.82, 2.24) is 24.1 Å². The number of rotatable bonds is 8. The monoisotopic (exact) mass is 867 g/mol. The van der Waals surface area contributed by atoms with Crippen molar-refractivity contribution in [2.75, 3.05) is 0 Å². The average molecular weight is 868 g/mol. The van der Waals surface area contributed by atoms with Crippen LogP contribution in [0.3, 0.4) is 0 Å². The van der Waals surface area contributed by atoms with Gasteiger partial charge in [-0.1, -0.05) is 212 Å². The molecular weight excluding hydrogens is 827 g/mol.